The Hall–Kier alpha value is -2.60. The lowest BCUT2D eigenvalue weighted by molar-refractivity contribution is -0.130. The van der Waals surface area contributed by atoms with E-state index in [0.29, 0.717) is 32.2 Å². The zero-order chi connectivity index (χ0) is 20.2. The minimum absolute atomic E-state index is 0.139. The minimum Gasteiger partial charge on any atom is -0.454 e. The zero-order valence-electron chi connectivity index (χ0n) is 16.8. The quantitative estimate of drug-likeness (QED) is 0.747. The largest absolute Gasteiger partial charge is 0.454 e. The summed E-state index contributed by atoms with van der Waals surface area (Å²) in [6, 6.07) is 12.6. The average Bonchev–Trinajstić information content (AvgIpc) is 3.09. The van der Waals surface area contributed by atoms with Gasteiger partial charge in [-0.2, -0.15) is 0 Å². The van der Waals surface area contributed by atoms with Crippen LogP contribution in [0.2, 0.25) is 0 Å². The summed E-state index contributed by atoms with van der Waals surface area (Å²) in [7, 11) is 0. The number of nitrogens with zero attached hydrogens (tertiary/aromatic N) is 2. The molecule has 2 heterocycles. The number of halogens is 1. The summed E-state index contributed by atoms with van der Waals surface area (Å²) in [5.41, 5.74) is 2.07. The van der Waals surface area contributed by atoms with Crippen LogP contribution in [-0.4, -0.2) is 48.7 Å². The van der Waals surface area contributed by atoms with Gasteiger partial charge in [0.2, 0.25) is 12.7 Å². The Morgan fingerprint density at radius 2 is 1.90 bits per heavy atom. The molecule has 0 bridgehead atoms. The summed E-state index contributed by atoms with van der Waals surface area (Å²) in [6.45, 7) is 6.22. The second kappa shape index (κ2) is 8.82. The molecule has 2 aromatic rings. The Morgan fingerprint density at radius 1 is 1.03 bits per heavy atom. The first kappa shape index (κ1) is 19.7. The van der Waals surface area contributed by atoms with Crippen molar-refractivity contribution in [2.75, 3.05) is 33.0 Å². The number of amides is 1. The van der Waals surface area contributed by atoms with Crippen molar-refractivity contribution in [3.05, 3.63) is 59.4 Å². The molecule has 5 nitrogen and oxygen atoms in total. The SMILES string of the molecule is CC(Cc1ccc2c(c1)OCO2)CN1CCC(=O)N(Cc2cccc(F)c2)CC1. The van der Waals surface area contributed by atoms with Crippen LogP contribution < -0.4 is 9.47 Å². The molecule has 0 N–H and O–H groups in total. The number of rotatable bonds is 6. The van der Waals surface area contributed by atoms with Gasteiger partial charge < -0.3 is 19.3 Å². The zero-order valence-corrected chi connectivity index (χ0v) is 16.8. The van der Waals surface area contributed by atoms with Crippen molar-refractivity contribution in [3.8, 4) is 11.5 Å². The molecule has 0 radical (unpaired) electrons. The van der Waals surface area contributed by atoms with E-state index in [1.54, 1.807) is 6.07 Å². The molecule has 2 aliphatic heterocycles. The fraction of sp³-hybridized carbons (Fsp3) is 0.435. The fourth-order valence-corrected chi connectivity index (χ4v) is 4.09. The molecule has 2 aliphatic rings. The summed E-state index contributed by atoms with van der Waals surface area (Å²) in [5.74, 6) is 1.97. The van der Waals surface area contributed by atoms with Crippen molar-refractivity contribution in [2.45, 2.75) is 26.3 Å². The molecule has 0 aliphatic carbocycles. The van der Waals surface area contributed by atoms with Gasteiger partial charge in [-0.15, -0.1) is 0 Å². The molecule has 0 aromatic heterocycles. The molecule has 6 heteroatoms. The number of carbonyl (C=O) groups excluding carboxylic acids is 1. The maximum absolute atomic E-state index is 13.4. The first-order valence-corrected chi connectivity index (χ1v) is 10.2. The highest BCUT2D eigenvalue weighted by atomic mass is 19.1. The minimum atomic E-state index is -0.260. The van der Waals surface area contributed by atoms with Gasteiger partial charge in [-0.1, -0.05) is 25.1 Å². The van der Waals surface area contributed by atoms with Crippen LogP contribution in [0, 0.1) is 11.7 Å². The van der Waals surface area contributed by atoms with E-state index in [0.717, 1.165) is 43.1 Å². The second-order valence-electron chi connectivity index (χ2n) is 7.99. The normalized spacial score (nSPS) is 18.0. The second-order valence-corrected chi connectivity index (χ2v) is 7.99. The van der Waals surface area contributed by atoms with E-state index < -0.39 is 0 Å². The third-order valence-electron chi connectivity index (χ3n) is 5.53. The number of hydrogen-bond donors (Lipinski definition) is 0. The van der Waals surface area contributed by atoms with E-state index in [4.69, 9.17) is 9.47 Å². The monoisotopic (exact) mass is 398 g/mol. The number of ether oxygens (including phenoxy) is 2. The highest BCUT2D eigenvalue weighted by molar-refractivity contribution is 5.76. The van der Waals surface area contributed by atoms with Crippen LogP contribution in [-0.2, 0) is 17.8 Å². The van der Waals surface area contributed by atoms with Crippen molar-refractivity contribution in [1.82, 2.24) is 9.80 Å². The molecule has 0 spiro atoms. The summed E-state index contributed by atoms with van der Waals surface area (Å²) in [5, 5.41) is 0. The van der Waals surface area contributed by atoms with Gasteiger partial charge in [-0.05, 0) is 47.7 Å². The van der Waals surface area contributed by atoms with Crippen LogP contribution in [0.4, 0.5) is 4.39 Å². The average molecular weight is 398 g/mol. The van der Waals surface area contributed by atoms with Gasteiger partial charge in [0.1, 0.15) is 5.82 Å². The molecule has 29 heavy (non-hydrogen) atoms. The third-order valence-corrected chi connectivity index (χ3v) is 5.53. The summed E-state index contributed by atoms with van der Waals surface area (Å²) >= 11 is 0. The Morgan fingerprint density at radius 3 is 2.76 bits per heavy atom. The van der Waals surface area contributed by atoms with Crippen molar-refractivity contribution < 1.29 is 18.7 Å². The van der Waals surface area contributed by atoms with Crippen molar-refractivity contribution in [3.63, 3.8) is 0 Å². The van der Waals surface area contributed by atoms with Gasteiger partial charge in [0.15, 0.2) is 11.5 Å². The lowest BCUT2D eigenvalue weighted by Gasteiger charge is -2.24. The number of carbonyl (C=O) groups is 1. The van der Waals surface area contributed by atoms with Gasteiger partial charge in [-0.25, -0.2) is 4.39 Å². The van der Waals surface area contributed by atoms with Crippen molar-refractivity contribution in [1.29, 1.82) is 0 Å². The Kier molecular flexibility index (Phi) is 6.00. The maximum Gasteiger partial charge on any atom is 0.231 e. The summed E-state index contributed by atoms with van der Waals surface area (Å²) < 4.78 is 24.3. The van der Waals surface area contributed by atoms with Crippen LogP contribution >= 0.6 is 0 Å². The molecule has 1 unspecified atom stereocenters. The van der Waals surface area contributed by atoms with Crippen LogP contribution in [0.5, 0.6) is 11.5 Å². The predicted octanol–water partition coefficient (Wildman–Crippen LogP) is 3.47. The van der Waals surface area contributed by atoms with Gasteiger partial charge in [-0.3, -0.25) is 4.79 Å². The van der Waals surface area contributed by atoms with Crippen LogP contribution in [0.15, 0.2) is 42.5 Å². The van der Waals surface area contributed by atoms with Gasteiger partial charge >= 0.3 is 0 Å². The molecule has 1 fully saturated rings. The fourth-order valence-electron chi connectivity index (χ4n) is 4.09. The topological polar surface area (TPSA) is 42.0 Å². The Labute approximate surface area is 171 Å². The van der Waals surface area contributed by atoms with E-state index in [1.165, 1.54) is 17.7 Å². The number of hydrogen-bond acceptors (Lipinski definition) is 4. The van der Waals surface area contributed by atoms with Crippen LogP contribution in [0.1, 0.15) is 24.5 Å². The molecule has 2 aromatic carbocycles. The highest BCUT2D eigenvalue weighted by Gasteiger charge is 2.22. The first-order valence-electron chi connectivity index (χ1n) is 10.2. The smallest absolute Gasteiger partial charge is 0.231 e. The molecular weight excluding hydrogens is 371 g/mol. The van der Waals surface area contributed by atoms with E-state index >= 15 is 0 Å². The molecule has 4 rings (SSSR count). The number of benzene rings is 2. The standard InChI is InChI=1S/C23H27FN2O3/c1-17(11-18-5-6-21-22(13-18)29-16-28-21)14-25-8-7-23(27)26(10-9-25)15-19-3-2-4-20(24)12-19/h2-6,12-13,17H,7-11,14-16H2,1H3. The van der Waals surface area contributed by atoms with Gasteiger partial charge in [0.05, 0.1) is 0 Å². The molecule has 1 atom stereocenters. The number of fused-ring (bicyclic) bond motifs is 1. The molecular formula is C23H27FN2O3. The van der Waals surface area contributed by atoms with Crippen molar-refractivity contribution in [2.24, 2.45) is 5.92 Å². The van der Waals surface area contributed by atoms with E-state index in [9.17, 15) is 9.18 Å². The van der Waals surface area contributed by atoms with Crippen LogP contribution in [0.3, 0.4) is 0 Å². The molecule has 0 saturated carbocycles. The summed E-state index contributed by atoms with van der Waals surface area (Å²) in [4.78, 5) is 16.7. The Balaban J connectivity index is 1.30. The lowest BCUT2D eigenvalue weighted by Crippen LogP contribution is -2.34. The maximum atomic E-state index is 13.4. The van der Waals surface area contributed by atoms with E-state index in [2.05, 4.69) is 24.0 Å². The van der Waals surface area contributed by atoms with Crippen LogP contribution in [0.25, 0.3) is 0 Å². The van der Waals surface area contributed by atoms with Gasteiger partial charge in [0, 0.05) is 39.1 Å². The Bertz CT molecular complexity index is 873. The molecule has 1 saturated heterocycles. The van der Waals surface area contributed by atoms with E-state index in [-0.39, 0.29) is 11.7 Å². The van der Waals surface area contributed by atoms with E-state index in [1.807, 2.05) is 17.0 Å². The first-order chi connectivity index (χ1) is 14.1. The van der Waals surface area contributed by atoms with Gasteiger partial charge in [0.25, 0.3) is 0 Å². The summed E-state index contributed by atoms with van der Waals surface area (Å²) in [6.07, 6.45) is 1.46. The molecule has 154 valence electrons. The molecule has 1 amide bonds. The van der Waals surface area contributed by atoms with Crippen molar-refractivity contribution >= 4 is 5.91 Å². The lowest BCUT2D eigenvalue weighted by atomic mass is 10.00. The highest BCUT2D eigenvalue weighted by Crippen LogP contribution is 2.33. The third kappa shape index (κ3) is 5.07. The predicted molar refractivity (Wildman–Crippen MR) is 108 cm³/mol.